The Kier molecular flexibility index (Phi) is 8.50. The summed E-state index contributed by atoms with van der Waals surface area (Å²) in [6.45, 7) is 8.81. The highest BCUT2D eigenvalue weighted by Gasteiger charge is 2.25. The number of hydrogen-bond acceptors (Lipinski definition) is 4. The number of fused-ring (bicyclic) bond motifs is 1. The van der Waals surface area contributed by atoms with Gasteiger partial charge in [0, 0.05) is 31.6 Å². The number of aliphatic imine (C=N–C) groups is 1. The van der Waals surface area contributed by atoms with Crippen LogP contribution < -0.4 is 10.6 Å². The van der Waals surface area contributed by atoms with Crippen molar-refractivity contribution in [3.8, 4) is 0 Å². The van der Waals surface area contributed by atoms with Crippen molar-refractivity contribution in [3.05, 3.63) is 47.5 Å². The molecule has 0 aliphatic carbocycles. The Morgan fingerprint density at radius 3 is 2.87 bits per heavy atom. The third-order valence-corrected chi connectivity index (χ3v) is 5.84. The Morgan fingerprint density at radius 1 is 1.23 bits per heavy atom. The van der Waals surface area contributed by atoms with Crippen molar-refractivity contribution in [3.63, 3.8) is 0 Å². The lowest BCUT2D eigenvalue weighted by molar-refractivity contribution is 0.250. The van der Waals surface area contributed by atoms with Gasteiger partial charge >= 0.3 is 0 Å². The quantitative estimate of drug-likeness (QED) is 0.346. The topological polar surface area (TPSA) is 70.4 Å². The van der Waals surface area contributed by atoms with Crippen LogP contribution in [0.25, 0.3) is 0 Å². The molecule has 2 aliphatic heterocycles. The van der Waals surface area contributed by atoms with Crippen LogP contribution in [0.5, 0.6) is 0 Å². The first-order chi connectivity index (χ1) is 14.2. The number of halogens is 1. The molecule has 2 unspecified atom stereocenters. The van der Waals surface area contributed by atoms with E-state index in [4.69, 9.17) is 4.99 Å². The molecule has 0 bridgehead atoms. The maximum absolute atomic E-state index is 4.95. The molecule has 30 heavy (non-hydrogen) atoms. The highest BCUT2D eigenvalue weighted by Crippen LogP contribution is 2.20. The fourth-order valence-corrected chi connectivity index (χ4v) is 4.39. The van der Waals surface area contributed by atoms with Crippen molar-refractivity contribution in [2.75, 3.05) is 19.6 Å². The van der Waals surface area contributed by atoms with Crippen LogP contribution in [-0.2, 0) is 19.5 Å². The lowest BCUT2D eigenvalue weighted by atomic mass is 10.1. The van der Waals surface area contributed by atoms with Crippen LogP contribution >= 0.6 is 24.0 Å². The molecule has 4 rings (SSSR count). The van der Waals surface area contributed by atoms with Gasteiger partial charge in [0.25, 0.3) is 0 Å². The summed E-state index contributed by atoms with van der Waals surface area (Å²) in [7, 11) is 0. The molecule has 2 N–H and O–H groups in total. The van der Waals surface area contributed by atoms with Gasteiger partial charge in [-0.3, -0.25) is 9.89 Å². The van der Waals surface area contributed by atoms with Gasteiger partial charge in [-0.05, 0) is 45.2 Å². The molecule has 0 saturated carbocycles. The van der Waals surface area contributed by atoms with Crippen molar-refractivity contribution >= 4 is 29.9 Å². The minimum Gasteiger partial charge on any atom is -0.357 e. The molecule has 1 saturated heterocycles. The summed E-state index contributed by atoms with van der Waals surface area (Å²) < 4.78 is 2.04. The van der Waals surface area contributed by atoms with E-state index in [0.29, 0.717) is 12.1 Å². The number of hydrogen-bond donors (Lipinski definition) is 2. The summed E-state index contributed by atoms with van der Waals surface area (Å²) in [6, 6.07) is 11.6. The lowest BCUT2D eigenvalue weighted by Crippen LogP contribution is -2.47. The van der Waals surface area contributed by atoms with Gasteiger partial charge in [0.15, 0.2) is 5.96 Å². The van der Waals surface area contributed by atoms with Crippen LogP contribution in [0.4, 0.5) is 0 Å². The second kappa shape index (κ2) is 11.1. The normalized spacial score (nSPS) is 21.7. The second-order valence-electron chi connectivity index (χ2n) is 8.11. The lowest BCUT2D eigenvalue weighted by Gasteiger charge is -2.26. The molecule has 3 heterocycles. The highest BCUT2D eigenvalue weighted by molar-refractivity contribution is 14.0. The molecule has 0 radical (unpaired) electrons. The van der Waals surface area contributed by atoms with Crippen molar-refractivity contribution in [2.45, 2.75) is 64.7 Å². The fraction of sp³-hybridized carbons (Fsp3) is 0.591. The molecule has 0 amide bonds. The molecule has 1 aromatic heterocycles. The third kappa shape index (κ3) is 5.94. The minimum absolute atomic E-state index is 0. The van der Waals surface area contributed by atoms with Crippen molar-refractivity contribution in [1.29, 1.82) is 0 Å². The number of benzene rings is 1. The average molecular weight is 523 g/mol. The zero-order valence-electron chi connectivity index (χ0n) is 18.0. The predicted octanol–water partition coefficient (Wildman–Crippen LogP) is 2.74. The van der Waals surface area contributed by atoms with E-state index in [-0.39, 0.29) is 24.0 Å². The summed E-state index contributed by atoms with van der Waals surface area (Å²) in [5, 5.41) is 11.6. The Labute approximate surface area is 196 Å². The monoisotopic (exact) mass is 523 g/mol. The average Bonchev–Trinajstić information content (AvgIpc) is 3.32. The predicted molar refractivity (Wildman–Crippen MR) is 131 cm³/mol. The number of nitrogens with one attached hydrogen (secondary N) is 2. The van der Waals surface area contributed by atoms with Crippen molar-refractivity contribution in [1.82, 2.24) is 30.3 Å². The van der Waals surface area contributed by atoms with Gasteiger partial charge in [0.1, 0.15) is 11.6 Å². The summed E-state index contributed by atoms with van der Waals surface area (Å²) >= 11 is 0. The maximum atomic E-state index is 4.95. The molecular weight excluding hydrogens is 489 g/mol. The second-order valence-corrected chi connectivity index (χ2v) is 8.11. The molecule has 2 aromatic rings. The van der Waals surface area contributed by atoms with Gasteiger partial charge in [-0.1, -0.05) is 30.3 Å². The molecule has 1 aromatic carbocycles. The SMILES string of the molecule is CCNC(=NCC1CCCN1Cc1ccccc1)NC1CCc2nc(C)nn2C1.I. The first-order valence-electron chi connectivity index (χ1n) is 10.9. The van der Waals surface area contributed by atoms with Crippen LogP contribution in [0.15, 0.2) is 35.3 Å². The molecule has 1 fully saturated rings. The molecule has 8 heteroatoms. The molecule has 2 aliphatic rings. The first-order valence-corrected chi connectivity index (χ1v) is 10.9. The summed E-state index contributed by atoms with van der Waals surface area (Å²) in [5.74, 6) is 2.88. The Balaban J connectivity index is 0.00000256. The summed E-state index contributed by atoms with van der Waals surface area (Å²) in [6.07, 6.45) is 4.51. The van der Waals surface area contributed by atoms with E-state index in [2.05, 4.69) is 62.9 Å². The van der Waals surface area contributed by atoms with Gasteiger partial charge in [-0.15, -0.1) is 24.0 Å². The van der Waals surface area contributed by atoms with Crippen LogP contribution in [0.3, 0.4) is 0 Å². The van der Waals surface area contributed by atoms with Crippen LogP contribution in [0, 0.1) is 6.92 Å². The molecular formula is C22H34IN7. The molecule has 7 nitrogen and oxygen atoms in total. The van der Waals surface area contributed by atoms with Crippen molar-refractivity contribution < 1.29 is 0 Å². The summed E-state index contributed by atoms with van der Waals surface area (Å²) in [5.41, 5.74) is 1.38. The number of aryl methyl sites for hydroxylation is 2. The van der Waals surface area contributed by atoms with E-state index in [0.717, 1.165) is 63.2 Å². The third-order valence-electron chi connectivity index (χ3n) is 5.84. The van der Waals surface area contributed by atoms with Crippen LogP contribution in [-0.4, -0.2) is 57.3 Å². The molecule has 0 spiro atoms. The van der Waals surface area contributed by atoms with E-state index in [1.165, 1.54) is 18.4 Å². The zero-order chi connectivity index (χ0) is 20.1. The highest BCUT2D eigenvalue weighted by atomic mass is 127. The van der Waals surface area contributed by atoms with E-state index in [9.17, 15) is 0 Å². The Morgan fingerprint density at radius 2 is 2.07 bits per heavy atom. The smallest absolute Gasteiger partial charge is 0.191 e. The van der Waals surface area contributed by atoms with Gasteiger partial charge < -0.3 is 10.6 Å². The Bertz CT molecular complexity index is 820. The van der Waals surface area contributed by atoms with Gasteiger partial charge in [0.05, 0.1) is 13.1 Å². The van der Waals surface area contributed by atoms with E-state index >= 15 is 0 Å². The number of rotatable bonds is 6. The minimum atomic E-state index is 0. The number of guanidine groups is 1. The summed E-state index contributed by atoms with van der Waals surface area (Å²) in [4.78, 5) is 12.0. The largest absolute Gasteiger partial charge is 0.357 e. The number of likely N-dealkylation sites (tertiary alicyclic amines) is 1. The van der Waals surface area contributed by atoms with Crippen LogP contribution in [0.1, 0.15) is 43.4 Å². The molecule has 164 valence electrons. The van der Waals surface area contributed by atoms with E-state index in [1.807, 2.05) is 11.6 Å². The molecule has 2 atom stereocenters. The van der Waals surface area contributed by atoms with Gasteiger partial charge in [0.2, 0.25) is 0 Å². The van der Waals surface area contributed by atoms with Gasteiger partial charge in [-0.2, -0.15) is 5.10 Å². The maximum Gasteiger partial charge on any atom is 0.191 e. The first kappa shape index (κ1) is 23.0. The Hall–Kier alpha value is -1.68. The number of aromatic nitrogens is 3. The van der Waals surface area contributed by atoms with Crippen molar-refractivity contribution in [2.24, 2.45) is 4.99 Å². The van der Waals surface area contributed by atoms with E-state index < -0.39 is 0 Å². The fourth-order valence-electron chi connectivity index (χ4n) is 4.39. The van der Waals surface area contributed by atoms with E-state index in [1.54, 1.807) is 0 Å². The number of nitrogens with zero attached hydrogens (tertiary/aromatic N) is 5. The zero-order valence-corrected chi connectivity index (χ0v) is 20.4. The van der Waals surface area contributed by atoms with Crippen LogP contribution in [0.2, 0.25) is 0 Å². The van der Waals surface area contributed by atoms with Gasteiger partial charge in [-0.25, -0.2) is 9.67 Å². The standard InChI is InChI=1S/C22H33N7.HI/c1-3-23-22(26-19-11-12-21-25-17(2)27-29(21)16-19)24-14-20-10-7-13-28(20)15-18-8-5-4-6-9-18;/h4-6,8-9,19-20H,3,7,10-16H2,1-2H3,(H2,23,24,26);1H.